The fourth-order valence-corrected chi connectivity index (χ4v) is 3.46. The summed E-state index contributed by atoms with van der Waals surface area (Å²) in [5.41, 5.74) is 1.17. The van der Waals surface area contributed by atoms with Gasteiger partial charge in [-0.15, -0.1) is 10.2 Å². The topological polar surface area (TPSA) is 110 Å². The average molecular weight is 454 g/mol. The van der Waals surface area contributed by atoms with Gasteiger partial charge in [-0.1, -0.05) is 46.6 Å². The van der Waals surface area contributed by atoms with Crippen LogP contribution in [-0.2, 0) is 4.79 Å². The van der Waals surface area contributed by atoms with E-state index in [2.05, 4.69) is 15.5 Å². The molecule has 1 heterocycles. The van der Waals surface area contributed by atoms with Crippen LogP contribution in [-0.4, -0.2) is 26.5 Å². The Morgan fingerprint density at radius 3 is 2.64 bits per heavy atom. The number of nitrogen functional groups attached to an aromatic ring is 1. The number of nitrogens with zero attached hydrogens (tertiary/aromatic N) is 4. The Hall–Kier alpha value is -2.44. The zero-order valence-electron chi connectivity index (χ0n) is 14.0. The van der Waals surface area contributed by atoms with Crippen molar-refractivity contribution in [3.63, 3.8) is 0 Å². The summed E-state index contributed by atoms with van der Waals surface area (Å²) >= 11 is 19.2. The van der Waals surface area contributed by atoms with Gasteiger partial charge in [0.05, 0.1) is 22.0 Å². The summed E-state index contributed by atoms with van der Waals surface area (Å²) in [7, 11) is 0. The number of nitrogens with one attached hydrogen (secondary N) is 1. The first kappa shape index (κ1) is 20.3. The number of thioether (sulfide) groups is 1. The van der Waals surface area contributed by atoms with Crippen molar-refractivity contribution in [2.45, 2.75) is 5.16 Å². The van der Waals surface area contributed by atoms with E-state index in [1.807, 2.05) is 6.07 Å². The molecule has 142 valence electrons. The minimum atomic E-state index is -0.353. The van der Waals surface area contributed by atoms with Crippen LogP contribution >= 0.6 is 46.6 Å². The Kier molecular flexibility index (Phi) is 6.31. The molecule has 0 aliphatic rings. The van der Waals surface area contributed by atoms with E-state index in [4.69, 9.17) is 45.9 Å². The van der Waals surface area contributed by atoms with Crippen LogP contribution in [0.25, 0.3) is 11.4 Å². The maximum Gasteiger partial charge on any atom is 0.234 e. The van der Waals surface area contributed by atoms with Crippen LogP contribution in [0, 0.1) is 11.3 Å². The van der Waals surface area contributed by atoms with Gasteiger partial charge in [-0.2, -0.15) is 5.26 Å². The molecule has 2 aromatic carbocycles. The summed E-state index contributed by atoms with van der Waals surface area (Å²) in [6.45, 7) is 0. The first-order chi connectivity index (χ1) is 13.4. The summed E-state index contributed by atoms with van der Waals surface area (Å²) < 4.78 is 1.23. The van der Waals surface area contributed by atoms with Crippen molar-refractivity contribution in [3.8, 4) is 17.5 Å². The molecule has 0 fully saturated rings. The van der Waals surface area contributed by atoms with Crippen molar-refractivity contribution in [2.24, 2.45) is 0 Å². The first-order valence-corrected chi connectivity index (χ1v) is 9.79. The molecule has 11 heteroatoms. The van der Waals surface area contributed by atoms with E-state index in [9.17, 15) is 4.79 Å². The highest BCUT2D eigenvalue weighted by Crippen LogP contribution is 2.30. The number of amides is 1. The minimum absolute atomic E-state index is 0.00397. The number of nitriles is 1. The third-order valence-corrected chi connectivity index (χ3v) is 5.29. The van der Waals surface area contributed by atoms with Crippen molar-refractivity contribution in [1.29, 1.82) is 5.26 Å². The number of benzene rings is 2. The van der Waals surface area contributed by atoms with E-state index in [1.54, 1.807) is 24.3 Å². The molecule has 0 atom stereocenters. The summed E-state index contributed by atoms with van der Waals surface area (Å²) in [4.78, 5) is 12.2. The van der Waals surface area contributed by atoms with Gasteiger partial charge in [-0.25, -0.2) is 4.68 Å². The van der Waals surface area contributed by atoms with Crippen molar-refractivity contribution in [3.05, 3.63) is 57.0 Å². The highest BCUT2D eigenvalue weighted by Gasteiger charge is 2.17. The third kappa shape index (κ3) is 4.51. The molecule has 3 N–H and O–H groups in total. The van der Waals surface area contributed by atoms with Crippen molar-refractivity contribution >= 4 is 58.2 Å². The molecule has 1 aromatic heterocycles. The van der Waals surface area contributed by atoms with E-state index >= 15 is 0 Å². The zero-order chi connectivity index (χ0) is 20.3. The van der Waals surface area contributed by atoms with Gasteiger partial charge in [0.15, 0.2) is 5.82 Å². The van der Waals surface area contributed by atoms with Crippen LogP contribution in [0.2, 0.25) is 15.1 Å². The van der Waals surface area contributed by atoms with Gasteiger partial charge in [0.1, 0.15) is 6.07 Å². The molecule has 0 saturated carbocycles. The number of anilines is 1. The van der Waals surface area contributed by atoms with Gasteiger partial charge in [0, 0.05) is 15.6 Å². The van der Waals surface area contributed by atoms with E-state index in [0.29, 0.717) is 42.9 Å². The molecule has 3 aromatic rings. The third-order valence-electron chi connectivity index (χ3n) is 3.54. The quantitative estimate of drug-likeness (QED) is 0.442. The van der Waals surface area contributed by atoms with Gasteiger partial charge in [-0.3, -0.25) is 4.79 Å². The van der Waals surface area contributed by atoms with Gasteiger partial charge in [0.2, 0.25) is 11.1 Å². The first-order valence-electron chi connectivity index (χ1n) is 7.67. The van der Waals surface area contributed by atoms with Crippen LogP contribution in [0.1, 0.15) is 5.56 Å². The Labute approximate surface area is 179 Å². The standard InChI is InChI=1S/C17H11Cl3N6OS/c18-10-3-4-13(20)12(5-10)16-24-25-17(26(16)22)28-8-15(27)23-14-6-11(19)2-1-9(14)7-21/h1-6H,8,22H2,(H,23,27). The molecule has 3 rings (SSSR count). The molecule has 0 spiro atoms. The molecule has 28 heavy (non-hydrogen) atoms. The SMILES string of the molecule is N#Cc1ccc(Cl)cc1NC(=O)CSc1nnc(-c2cc(Cl)ccc2Cl)n1N. The molecule has 7 nitrogen and oxygen atoms in total. The second-order valence-corrected chi connectivity index (χ2v) is 7.66. The molecule has 1 amide bonds. The van der Waals surface area contributed by atoms with Crippen molar-refractivity contribution in [1.82, 2.24) is 14.9 Å². The van der Waals surface area contributed by atoms with E-state index < -0.39 is 0 Å². The van der Waals surface area contributed by atoms with Gasteiger partial charge < -0.3 is 11.2 Å². The lowest BCUT2D eigenvalue weighted by atomic mass is 10.2. The van der Waals surface area contributed by atoms with Gasteiger partial charge >= 0.3 is 0 Å². The number of hydrogen-bond donors (Lipinski definition) is 2. The van der Waals surface area contributed by atoms with Gasteiger partial charge in [0.25, 0.3) is 0 Å². The second-order valence-electron chi connectivity index (χ2n) is 5.44. The Balaban J connectivity index is 1.71. The number of halogens is 3. The van der Waals surface area contributed by atoms with Crippen molar-refractivity contribution in [2.75, 3.05) is 16.9 Å². The maximum atomic E-state index is 12.2. The lowest BCUT2D eigenvalue weighted by Gasteiger charge is -2.08. The molecule has 0 saturated heterocycles. The Morgan fingerprint density at radius 1 is 1.18 bits per heavy atom. The smallest absolute Gasteiger partial charge is 0.234 e. The van der Waals surface area contributed by atoms with E-state index in [-0.39, 0.29) is 11.7 Å². The Bertz CT molecular complexity index is 1090. The molecule has 0 aliphatic carbocycles. The monoisotopic (exact) mass is 452 g/mol. The normalized spacial score (nSPS) is 10.5. The Morgan fingerprint density at radius 2 is 1.89 bits per heavy atom. The molecule has 0 radical (unpaired) electrons. The zero-order valence-corrected chi connectivity index (χ0v) is 17.1. The number of carbonyl (C=O) groups is 1. The number of carbonyl (C=O) groups excluding carboxylic acids is 1. The fourth-order valence-electron chi connectivity index (χ4n) is 2.26. The summed E-state index contributed by atoms with van der Waals surface area (Å²) in [6, 6.07) is 11.5. The minimum Gasteiger partial charge on any atom is -0.335 e. The highest BCUT2D eigenvalue weighted by molar-refractivity contribution is 7.99. The lowest BCUT2D eigenvalue weighted by Crippen LogP contribution is -2.17. The molecular weight excluding hydrogens is 443 g/mol. The van der Waals surface area contributed by atoms with E-state index in [0.717, 1.165) is 11.8 Å². The predicted octanol–water partition coefficient (Wildman–Crippen LogP) is 4.22. The number of rotatable bonds is 5. The van der Waals surface area contributed by atoms with Crippen LogP contribution in [0.15, 0.2) is 41.6 Å². The number of nitrogens with two attached hydrogens (primary N) is 1. The molecular formula is C17H11Cl3N6OS. The highest BCUT2D eigenvalue weighted by atomic mass is 35.5. The largest absolute Gasteiger partial charge is 0.335 e. The lowest BCUT2D eigenvalue weighted by molar-refractivity contribution is -0.113. The molecule has 0 bridgehead atoms. The summed E-state index contributed by atoms with van der Waals surface area (Å²) in [5.74, 6) is 6.00. The molecule has 0 unspecified atom stereocenters. The van der Waals surface area contributed by atoms with Crippen LogP contribution in [0.4, 0.5) is 5.69 Å². The van der Waals surface area contributed by atoms with E-state index in [1.165, 1.54) is 16.8 Å². The van der Waals surface area contributed by atoms with Crippen LogP contribution in [0.5, 0.6) is 0 Å². The average Bonchev–Trinajstić information content (AvgIpc) is 3.02. The predicted molar refractivity (Wildman–Crippen MR) is 111 cm³/mol. The maximum absolute atomic E-state index is 12.2. The summed E-state index contributed by atoms with van der Waals surface area (Å²) in [6.07, 6.45) is 0. The summed E-state index contributed by atoms with van der Waals surface area (Å²) in [5, 5.41) is 21.4. The van der Waals surface area contributed by atoms with Gasteiger partial charge in [-0.05, 0) is 36.4 Å². The second kappa shape index (κ2) is 8.71. The number of hydrogen-bond acceptors (Lipinski definition) is 6. The van der Waals surface area contributed by atoms with Crippen LogP contribution < -0.4 is 11.2 Å². The fraction of sp³-hybridized carbons (Fsp3) is 0.0588. The van der Waals surface area contributed by atoms with Crippen LogP contribution in [0.3, 0.4) is 0 Å². The number of aromatic nitrogens is 3. The van der Waals surface area contributed by atoms with Crippen molar-refractivity contribution < 1.29 is 4.79 Å². The molecule has 0 aliphatic heterocycles.